The molecular formula is C25H25ClN2O6. The van der Waals surface area contributed by atoms with Crippen molar-refractivity contribution in [1.29, 1.82) is 0 Å². The number of esters is 1. The molecule has 1 saturated carbocycles. The maximum atomic E-state index is 12.6. The number of fused-ring (bicyclic) bond motifs is 2. The largest absolute Gasteiger partial charge is 0.490 e. The average Bonchev–Trinajstić information content (AvgIpc) is 3.55. The van der Waals surface area contributed by atoms with Crippen molar-refractivity contribution in [3.05, 3.63) is 58.9 Å². The lowest BCUT2D eigenvalue weighted by Gasteiger charge is -2.20. The van der Waals surface area contributed by atoms with Gasteiger partial charge in [0.2, 0.25) is 0 Å². The molecule has 34 heavy (non-hydrogen) atoms. The van der Waals surface area contributed by atoms with E-state index in [0.29, 0.717) is 35.7 Å². The molecule has 0 N–H and O–H groups in total. The van der Waals surface area contributed by atoms with Crippen molar-refractivity contribution < 1.29 is 28.3 Å². The van der Waals surface area contributed by atoms with E-state index in [1.54, 1.807) is 11.8 Å². The molecule has 2 heterocycles. The van der Waals surface area contributed by atoms with Crippen LogP contribution in [0.4, 0.5) is 4.79 Å². The minimum Gasteiger partial charge on any atom is -0.490 e. The molecule has 5 rings (SSSR count). The summed E-state index contributed by atoms with van der Waals surface area (Å²) in [7, 11) is 0. The first-order valence-corrected chi connectivity index (χ1v) is 11.8. The van der Waals surface area contributed by atoms with E-state index >= 15 is 0 Å². The maximum Gasteiger partial charge on any atom is 0.410 e. The van der Waals surface area contributed by atoms with Crippen LogP contribution in [0, 0.1) is 11.8 Å². The van der Waals surface area contributed by atoms with E-state index in [9.17, 15) is 9.59 Å². The van der Waals surface area contributed by atoms with Crippen LogP contribution in [0.1, 0.15) is 36.0 Å². The number of rotatable bonds is 6. The fraction of sp³-hybridized carbons (Fsp3) is 0.400. The van der Waals surface area contributed by atoms with Crippen LogP contribution in [-0.4, -0.2) is 47.9 Å². The lowest BCUT2D eigenvalue weighted by Crippen LogP contribution is -2.31. The van der Waals surface area contributed by atoms with Crippen molar-refractivity contribution in [1.82, 2.24) is 10.1 Å². The molecule has 1 aromatic heterocycles. The van der Waals surface area contributed by atoms with Crippen LogP contribution < -0.4 is 4.74 Å². The summed E-state index contributed by atoms with van der Waals surface area (Å²) in [6.45, 7) is 3.13. The fourth-order valence-electron chi connectivity index (χ4n) is 4.91. The summed E-state index contributed by atoms with van der Waals surface area (Å²) in [4.78, 5) is 25.9. The van der Waals surface area contributed by atoms with E-state index < -0.39 is 12.1 Å². The summed E-state index contributed by atoms with van der Waals surface area (Å²) < 4.78 is 21.7. The molecule has 8 nitrogen and oxygen atoms in total. The predicted molar refractivity (Wildman–Crippen MR) is 124 cm³/mol. The Morgan fingerprint density at radius 1 is 1.09 bits per heavy atom. The highest BCUT2D eigenvalue weighted by Crippen LogP contribution is 2.41. The Balaban J connectivity index is 1.13. The van der Waals surface area contributed by atoms with Crippen LogP contribution in [0.15, 0.2) is 47.0 Å². The Morgan fingerprint density at radius 3 is 2.56 bits per heavy atom. The number of carbonyl (C=O) groups is 2. The molecule has 1 saturated heterocycles. The molecular weight excluding hydrogens is 460 g/mol. The number of benzene rings is 2. The summed E-state index contributed by atoms with van der Waals surface area (Å²) >= 11 is 6.33. The molecule has 0 spiro atoms. The van der Waals surface area contributed by atoms with Gasteiger partial charge in [-0.05, 0) is 43.7 Å². The Morgan fingerprint density at radius 2 is 1.82 bits per heavy atom. The average molecular weight is 485 g/mol. The third kappa shape index (κ3) is 4.55. The first-order chi connectivity index (χ1) is 16.5. The van der Waals surface area contributed by atoms with Gasteiger partial charge in [-0.2, -0.15) is 0 Å². The van der Waals surface area contributed by atoms with Gasteiger partial charge in [-0.25, -0.2) is 9.59 Å². The summed E-state index contributed by atoms with van der Waals surface area (Å²) in [6.07, 6.45) is 1.48. The van der Waals surface area contributed by atoms with Crippen molar-refractivity contribution in [3.63, 3.8) is 0 Å². The topological polar surface area (TPSA) is 91.1 Å². The summed E-state index contributed by atoms with van der Waals surface area (Å²) in [5, 5.41) is 6.35. The Hall–Kier alpha value is -3.26. The highest BCUT2D eigenvalue weighted by molar-refractivity contribution is 6.35. The molecule has 2 fully saturated rings. The summed E-state index contributed by atoms with van der Waals surface area (Å²) in [5.41, 5.74) is 0.0584. The van der Waals surface area contributed by atoms with Gasteiger partial charge in [0.25, 0.3) is 0 Å². The van der Waals surface area contributed by atoms with Crippen molar-refractivity contribution in [2.45, 2.75) is 32.5 Å². The molecule has 2 aromatic carbocycles. The zero-order chi connectivity index (χ0) is 23.7. The molecule has 9 heteroatoms. The molecule has 1 amide bonds. The lowest BCUT2D eigenvalue weighted by molar-refractivity contribution is 0.0513. The SMILES string of the molecule is CCOC(=O)c1cc(COC(=O)N2C[C@H]3C[C@@H](Oc4ccc(Cl)c5ccccc45)C[C@H]3C2)on1. The first-order valence-electron chi connectivity index (χ1n) is 11.4. The monoisotopic (exact) mass is 484 g/mol. The lowest BCUT2D eigenvalue weighted by atomic mass is 10.0. The van der Waals surface area contributed by atoms with E-state index in [1.165, 1.54) is 6.07 Å². The molecule has 3 atom stereocenters. The molecule has 178 valence electrons. The van der Waals surface area contributed by atoms with E-state index in [-0.39, 0.29) is 25.0 Å². The molecule has 1 aliphatic carbocycles. The van der Waals surface area contributed by atoms with Gasteiger partial charge in [-0.3, -0.25) is 0 Å². The minimum absolute atomic E-state index is 0.0584. The van der Waals surface area contributed by atoms with Crippen molar-refractivity contribution in [2.24, 2.45) is 11.8 Å². The molecule has 1 aliphatic heterocycles. The Labute approximate surface area is 201 Å². The standard InChI is InChI=1S/C25H25ClN2O6/c1-2-31-24(29)22-11-18(34-27-22)14-32-25(30)28-12-15-9-17(10-16(15)13-28)33-23-8-7-21(26)19-5-3-4-6-20(19)23/h3-8,11,15-17H,2,9-10,12-14H2,1H3/t15-,16+,17-. The maximum absolute atomic E-state index is 12.6. The number of hydrogen-bond donors (Lipinski definition) is 0. The molecule has 2 aliphatic rings. The van der Waals surface area contributed by atoms with E-state index in [2.05, 4.69) is 5.16 Å². The second kappa shape index (κ2) is 9.54. The first kappa shape index (κ1) is 22.5. The van der Waals surface area contributed by atoms with Crippen LogP contribution in [0.2, 0.25) is 5.02 Å². The van der Waals surface area contributed by atoms with Crippen molar-refractivity contribution in [3.8, 4) is 5.75 Å². The fourth-order valence-corrected chi connectivity index (χ4v) is 5.14. The van der Waals surface area contributed by atoms with Gasteiger partial charge in [0, 0.05) is 35.0 Å². The second-order valence-corrected chi connectivity index (χ2v) is 9.09. The minimum atomic E-state index is -0.570. The highest BCUT2D eigenvalue weighted by Gasteiger charge is 2.44. The van der Waals surface area contributed by atoms with Gasteiger partial charge in [0.15, 0.2) is 18.1 Å². The van der Waals surface area contributed by atoms with Crippen LogP contribution >= 0.6 is 11.6 Å². The van der Waals surface area contributed by atoms with Crippen LogP contribution in [0.5, 0.6) is 5.75 Å². The van der Waals surface area contributed by atoms with Crippen molar-refractivity contribution >= 4 is 34.4 Å². The Bertz CT molecular complexity index is 1200. The smallest absolute Gasteiger partial charge is 0.410 e. The second-order valence-electron chi connectivity index (χ2n) is 8.68. The quantitative estimate of drug-likeness (QED) is 0.450. The van der Waals surface area contributed by atoms with Gasteiger partial charge in [0.1, 0.15) is 5.75 Å². The number of nitrogens with zero attached hydrogens (tertiary/aromatic N) is 2. The molecule has 0 bridgehead atoms. The van der Waals surface area contributed by atoms with Crippen LogP contribution in [0.3, 0.4) is 0 Å². The molecule has 0 unspecified atom stereocenters. The summed E-state index contributed by atoms with van der Waals surface area (Å²) in [6, 6.07) is 13.2. The number of carbonyl (C=O) groups excluding carboxylic acids is 2. The van der Waals surface area contributed by atoms with Gasteiger partial charge in [-0.1, -0.05) is 41.0 Å². The van der Waals surface area contributed by atoms with Crippen LogP contribution in [0.25, 0.3) is 10.8 Å². The number of hydrogen-bond acceptors (Lipinski definition) is 7. The third-order valence-corrected chi connectivity index (χ3v) is 6.80. The molecule has 0 radical (unpaired) electrons. The summed E-state index contributed by atoms with van der Waals surface area (Å²) in [5.74, 6) is 1.31. The molecule has 3 aromatic rings. The Kier molecular flexibility index (Phi) is 6.32. The van der Waals surface area contributed by atoms with Gasteiger partial charge in [0.05, 0.1) is 12.7 Å². The highest BCUT2D eigenvalue weighted by atomic mass is 35.5. The third-order valence-electron chi connectivity index (χ3n) is 6.47. The predicted octanol–water partition coefficient (Wildman–Crippen LogP) is 5.08. The van der Waals surface area contributed by atoms with E-state index in [0.717, 1.165) is 29.4 Å². The van der Waals surface area contributed by atoms with E-state index in [1.807, 2.05) is 36.4 Å². The number of halogens is 1. The number of likely N-dealkylation sites (tertiary alicyclic amines) is 1. The zero-order valence-electron chi connectivity index (χ0n) is 18.7. The van der Waals surface area contributed by atoms with Crippen LogP contribution in [-0.2, 0) is 16.1 Å². The number of amides is 1. The van der Waals surface area contributed by atoms with Gasteiger partial charge in [-0.15, -0.1) is 0 Å². The zero-order valence-corrected chi connectivity index (χ0v) is 19.5. The number of ether oxygens (including phenoxy) is 3. The van der Waals surface area contributed by atoms with E-state index in [4.69, 9.17) is 30.3 Å². The van der Waals surface area contributed by atoms with Gasteiger partial charge < -0.3 is 23.6 Å². The van der Waals surface area contributed by atoms with Crippen molar-refractivity contribution in [2.75, 3.05) is 19.7 Å². The number of aromatic nitrogens is 1. The van der Waals surface area contributed by atoms with Gasteiger partial charge >= 0.3 is 12.1 Å². The normalized spacial score (nSPS) is 21.5.